The summed E-state index contributed by atoms with van der Waals surface area (Å²) >= 11 is 0. The third-order valence-corrected chi connectivity index (χ3v) is 2.62. The van der Waals surface area contributed by atoms with Crippen LogP contribution < -0.4 is 4.74 Å². The zero-order chi connectivity index (χ0) is 14.5. The van der Waals surface area contributed by atoms with Gasteiger partial charge in [0, 0.05) is 11.8 Å². The maximum Gasteiger partial charge on any atom is 0.253 e. The molecule has 0 aliphatic rings. The van der Waals surface area contributed by atoms with Crippen LogP contribution in [0.4, 0.5) is 0 Å². The summed E-state index contributed by atoms with van der Waals surface area (Å²) in [6.45, 7) is 7.94. The third kappa shape index (κ3) is 3.23. The van der Waals surface area contributed by atoms with Crippen molar-refractivity contribution < 1.29 is 9.26 Å². The van der Waals surface area contributed by atoms with Gasteiger partial charge in [-0.1, -0.05) is 18.2 Å². The Morgan fingerprint density at radius 3 is 2.95 bits per heavy atom. The standard InChI is InChI=1S/C15H19N3O2/c1-5-7-11(4)15-17-14(18-20-15)13-12(19-10(2)3)8-6-9-16-13/h6-10H,5H2,1-4H3/b11-7+. The molecule has 0 saturated carbocycles. The van der Waals surface area contributed by atoms with Gasteiger partial charge in [0.15, 0.2) is 5.69 Å². The minimum absolute atomic E-state index is 0.0612. The lowest BCUT2D eigenvalue weighted by Gasteiger charge is -2.11. The number of aromatic nitrogens is 3. The van der Waals surface area contributed by atoms with Crippen LogP contribution in [0.5, 0.6) is 5.75 Å². The molecule has 5 nitrogen and oxygen atoms in total. The largest absolute Gasteiger partial charge is 0.489 e. The first kappa shape index (κ1) is 14.2. The average molecular weight is 273 g/mol. The predicted molar refractivity (Wildman–Crippen MR) is 77.2 cm³/mol. The van der Waals surface area contributed by atoms with E-state index >= 15 is 0 Å². The third-order valence-electron chi connectivity index (χ3n) is 2.62. The second-order valence-electron chi connectivity index (χ2n) is 4.74. The van der Waals surface area contributed by atoms with Crippen molar-refractivity contribution in [3.8, 4) is 17.3 Å². The van der Waals surface area contributed by atoms with E-state index in [1.807, 2.05) is 39.0 Å². The number of allylic oxidation sites excluding steroid dienone is 2. The average Bonchev–Trinajstić information content (AvgIpc) is 2.88. The summed E-state index contributed by atoms with van der Waals surface area (Å²) in [6.07, 6.45) is 4.72. The second-order valence-corrected chi connectivity index (χ2v) is 4.74. The highest BCUT2D eigenvalue weighted by molar-refractivity contribution is 5.62. The fourth-order valence-electron chi connectivity index (χ4n) is 1.78. The number of nitrogens with zero attached hydrogens (tertiary/aromatic N) is 3. The van der Waals surface area contributed by atoms with Gasteiger partial charge in [0.1, 0.15) is 5.75 Å². The summed E-state index contributed by atoms with van der Waals surface area (Å²) in [6, 6.07) is 3.68. The fourth-order valence-corrected chi connectivity index (χ4v) is 1.78. The van der Waals surface area contributed by atoms with E-state index in [9.17, 15) is 0 Å². The fraction of sp³-hybridized carbons (Fsp3) is 0.400. The molecule has 0 spiro atoms. The molecule has 0 fully saturated rings. The van der Waals surface area contributed by atoms with Crippen LogP contribution in [0.1, 0.15) is 40.0 Å². The van der Waals surface area contributed by atoms with Crippen LogP contribution in [-0.4, -0.2) is 21.2 Å². The first-order chi connectivity index (χ1) is 9.61. The van der Waals surface area contributed by atoms with Crippen molar-refractivity contribution in [1.82, 2.24) is 15.1 Å². The number of hydrogen-bond donors (Lipinski definition) is 0. The van der Waals surface area contributed by atoms with Crippen molar-refractivity contribution in [3.63, 3.8) is 0 Å². The molecule has 0 radical (unpaired) electrons. The number of rotatable bonds is 5. The molecule has 106 valence electrons. The Morgan fingerprint density at radius 1 is 1.45 bits per heavy atom. The molecular weight excluding hydrogens is 254 g/mol. The lowest BCUT2D eigenvalue weighted by Crippen LogP contribution is -2.07. The van der Waals surface area contributed by atoms with E-state index in [1.54, 1.807) is 6.20 Å². The van der Waals surface area contributed by atoms with Crippen molar-refractivity contribution in [2.75, 3.05) is 0 Å². The molecule has 0 amide bonds. The van der Waals surface area contributed by atoms with E-state index in [4.69, 9.17) is 9.26 Å². The summed E-state index contributed by atoms with van der Waals surface area (Å²) in [5, 5.41) is 3.99. The van der Waals surface area contributed by atoms with Gasteiger partial charge in [-0.25, -0.2) is 4.98 Å². The van der Waals surface area contributed by atoms with Gasteiger partial charge >= 0.3 is 0 Å². The predicted octanol–water partition coefficient (Wildman–Crippen LogP) is 3.73. The smallest absolute Gasteiger partial charge is 0.253 e. The van der Waals surface area contributed by atoms with E-state index in [2.05, 4.69) is 22.0 Å². The maximum absolute atomic E-state index is 5.72. The van der Waals surface area contributed by atoms with Crippen LogP contribution in [-0.2, 0) is 0 Å². The topological polar surface area (TPSA) is 61.0 Å². The lowest BCUT2D eigenvalue weighted by molar-refractivity contribution is 0.242. The van der Waals surface area contributed by atoms with E-state index < -0.39 is 0 Å². The highest BCUT2D eigenvalue weighted by Gasteiger charge is 2.16. The monoisotopic (exact) mass is 273 g/mol. The second kappa shape index (κ2) is 6.32. The van der Waals surface area contributed by atoms with Crippen molar-refractivity contribution in [2.45, 2.75) is 40.2 Å². The molecule has 0 aromatic carbocycles. The molecule has 2 aromatic rings. The highest BCUT2D eigenvalue weighted by Crippen LogP contribution is 2.27. The molecule has 2 aromatic heterocycles. The Balaban J connectivity index is 2.35. The van der Waals surface area contributed by atoms with Crippen molar-refractivity contribution >= 4 is 5.57 Å². The molecule has 0 unspecified atom stereocenters. The maximum atomic E-state index is 5.72. The van der Waals surface area contributed by atoms with Crippen LogP contribution >= 0.6 is 0 Å². The molecule has 2 rings (SSSR count). The van der Waals surface area contributed by atoms with Crippen LogP contribution in [0.2, 0.25) is 0 Å². The van der Waals surface area contributed by atoms with E-state index in [1.165, 1.54) is 0 Å². The molecule has 0 saturated heterocycles. The summed E-state index contributed by atoms with van der Waals surface area (Å²) in [7, 11) is 0. The zero-order valence-corrected chi connectivity index (χ0v) is 12.3. The van der Waals surface area contributed by atoms with Gasteiger partial charge in [0.2, 0.25) is 5.82 Å². The molecule has 5 heteroatoms. The first-order valence-electron chi connectivity index (χ1n) is 6.74. The molecule has 0 N–H and O–H groups in total. The normalized spacial score (nSPS) is 11.9. The Morgan fingerprint density at radius 2 is 2.25 bits per heavy atom. The van der Waals surface area contributed by atoms with Gasteiger partial charge in [-0.05, 0) is 39.3 Å². The summed E-state index contributed by atoms with van der Waals surface area (Å²) in [5.41, 5.74) is 1.56. The molecule has 0 aliphatic carbocycles. The molecule has 0 aliphatic heterocycles. The number of ether oxygens (including phenoxy) is 1. The SMILES string of the molecule is CC/C=C(\C)c1nc(-c2ncccc2OC(C)C)no1. The molecule has 2 heterocycles. The Hall–Kier alpha value is -2.17. The Bertz CT molecular complexity index is 603. The first-order valence-corrected chi connectivity index (χ1v) is 6.74. The van der Waals surface area contributed by atoms with E-state index in [0.717, 1.165) is 12.0 Å². The number of hydrogen-bond acceptors (Lipinski definition) is 5. The van der Waals surface area contributed by atoms with Crippen LogP contribution in [0.3, 0.4) is 0 Å². The zero-order valence-electron chi connectivity index (χ0n) is 12.3. The van der Waals surface area contributed by atoms with E-state index in [0.29, 0.717) is 23.2 Å². The molecule has 20 heavy (non-hydrogen) atoms. The Kier molecular flexibility index (Phi) is 4.50. The lowest BCUT2D eigenvalue weighted by atomic mass is 10.2. The van der Waals surface area contributed by atoms with Gasteiger partial charge < -0.3 is 9.26 Å². The molecule has 0 bridgehead atoms. The summed E-state index contributed by atoms with van der Waals surface area (Å²) < 4.78 is 11.0. The van der Waals surface area contributed by atoms with Gasteiger partial charge in [-0.2, -0.15) is 4.98 Å². The molecule has 0 atom stereocenters. The van der Waals surface area contributed by atoms with Crippen LogP contribution in [0.15, 0.2) is 28.9 Å². The summed E-state index contributed by atoms with van der Waals surface area (Å²) in [5.74, 6) is 1.62. The molecular formula is C15H19N3O2. The van der Waals surface area contributed by atoms with Crippen LogP contribution in [0, 0.1) is 0 Å². The number of pyridine rings is 1. The Labute approximate surface area is 118 Å². The summed E-state index contributed by atoms with van der Waals surface area (Å²) in [4.78, 5) is 8.67. The highest BCUT2D eigenvalue weighted by atomic mass is 16.5. The van der Waals surface area contributed by atoms with E-state index in [-0.39, 0.29) is 6.10 Å². The van der Waals surface area contributed by atoms with Gasteiger partial charge in [0.05, 0.1) is 6.10 Å². The van der Waals surface area contributed by atoms with Gasteiger partial charge in [-0.3, -0.25) is 0 Å². The van der Waals surface area contributed by atoms with Crippen LogP contribution in [0.25, 0.3) is 17.1 Å². The van der Waals surface area contributed by atoms with Crippen molar-refractivity contribution in [1.29, 1.82) is 0 Å². The van der Waals surface area contributed by atoms with Crippen molar-refractivity contribution in [3.05, 3.63) is 30.3 Å². The quantitative estimate of drug-likeness (QED) is 0.830. The minimum atomic E-state index is 0.0612. The van der Waals surface area contributed by atoms with Gasteiger partial charge in [0.25, 0.3) is 5.89 Å². The van der Waals surface area contributed by atoms with Crippen molar-refractivity contribution in [2.24, 2.45) is 0 Å². The minimum Gasteiger partial charge on any atom is -0.489 e. The van der Waals surface area contributed by atoms with Gasteiger partial charge in [-0.15, -0.1) is 0 Å².